The number of nitrogens with zero attached hydrogens (tertiary/aromatic N) is 2. The van der Waals surface area contributed by atoms with Gasteiger partial charge in [0.15, 0.2) is 5.78 Å². The Morgan fingerprint density at radius 1 is 1.43 bits per heavy atom. The first-order valence-electron chi connectivity index (χ1n) is 7.50. The van der Waals surface area contributed by atoms with Crippen molar-refractivity contribution < 1.29 is 14.3 Å². The number of aromatic nitrogens is 2. The highest BCUT2D eigenvalue weighted by Crippen LogP contribution is 2.44. The van der Waals surface area contributed by atoms with Crippen LogP contribution in [0.15, 0.2) is 18.3 Å². The standard InChI is InChI=1S/C16H18N2O3/c1-10(19)13-8-17-18-14(13)4-5-15(16(18)11-2-3-11)21-9-12-6-7-20-12/h4-5,8,11-12H,2-3,6-7,9H2,1H3. The van der Waals surface area contributed by atoms with E-state index in [-0.39, 0.29) is 11.9 Å². The molecule has 2 fully saturated rings. The van der Waals surface area contributed by atoms with Gasteiger partial charge in [-0.05, 0) is 31.9 Å². The quantitative estimate of drug-likeness (QED) is 0.793. The van der Waals surface area contributed by atoms with Crippen molar-refractivity contribution in [3.63, 3.8) is 0 Å². The molecule has 110 valence electrons. The maximum atomic E-state index is 11.7. The van der Waals surface area contributed by atoms with Crippen LogP contribution in [0.4, 0.5) is 0 Å². The molecule has 0 aromatic carbocycles. The molecule has 1 aliphatic heterocycles. The average Bonchev–Trinajstić information content (AvgIpc) is 3.14. The van der Waals surface area contributed by atoms with Gasteiger partial charge in [0.2, 0.25) is 0 Å². The van der Waals surface area contributed by atoms with Gasteiger partial charge in [-0.15, -0.1) is 0 Å². The molecule has 4 rings (SSSR count). The van der Waals surface area contributed by atoms with E-state index in [4.69, 9.17) is 9.47 Å². The number of fused-ring (bicyclic) bond motifs is 1. The number of pyridine rings is 1. The molecule has 2 aromatic heterocycles. The minimum absolute atomic E-state index is 0.0447. The van der Waals surface area contributed by atoms with E-state index in [2.05, 4.69) is 5.10 Å². The first-order valence-corrected chi connectivity index (χ1v) is 7.50. The predicted octanol–water partition coefficient (Wildman–Crippen LogP) is 2.58. The molecule has 1 saturated heterocycles. The number of rotatable bonds is 5. The van der Waals surface area contributed by atoms with Crippen molar-refractivity contribution in [1.29, 1.82) is 0 Å². The van der Waals surface area contributed by atoms with E-state index in [1.165, 1.54) is 0 Å². The normalized spacial score (nSPS) is 21.3. The lowest BCUT2D eigenvalue weighted by atomic mass is 10.1. The van der Waals surface area contributed by atoms with Gasteiger partial charge in [0.25, 0.3) is 0 Å². The van der Waals surface area contributed by atoms with Gasteiger partial charge in [0, 0.05) is 18.9 Å². The molecular weight excluding hydrogens is 268 g/mol. The molecule has 5 nitrogen and oxygen atoms in total. The topological polar surface area (TPSA) is 52.8 Å². The summed E-state index contributed by atoms with van der Waals surface area (Å²) < 4.78 is 13.2. The van der Waals surface area contributed by atoms with Crippen molar-refractivity contribution in [2.45, 2.75) is 38.2 Å². The van der Waals surface area contributed by atoms with E-state index >= 15 is 0 Å². The molecule has 21 heavy (non-hydrogen) atoms. The van der Waals surface area contributed by atoms with E-state index < -0.39 is 0 Å². The van der Waals surface area contributed by atoms with E-state index in [1.807, 2.05) is 16.6 Å². The van der Waals surface area contributed by atoms with E-state index in [0.717, 1.165) is 42.8 Å². The molecule has 1 atom stereocenters. The first-order chi connectivity index (χ1) is 10.2. The lowest BCUT2D eigenvalue weighted by Crippen LogP contribution is -2.32. The summed E-state index contributed by atoms with van der Waals surface area (Å²) in [6, 6.07) is 3.89. The van der Waals surface area contributed by atoms with E-state index in [1.54, 1.807) is 13.1 Å². The third-order valence-corrected chi connectivity index (χ3v) is 4.24. The van der Waals surface area contributed by atoms with Crippen LogP contribution in [0.5, 0.6) is 5.75 Å². The Labute approximate surface area is 122 Å². The maximum Gasteiger partial charge on any atom is 0.163 e. The van der Waals surface area contributed by atoms with Gasteiger partial charge in [-0.2, -0.15) is 5.10 Å². The minimum atomic E-state index is 0.0447. The van der Waals surface area contributed by atoms with E-state index in [9.17, 15) is 4.79 Å². The molecule has 2 aromatic rings. The number of hydrogen-bond donors (Lipinski definition) is 0. The Morgan fingerprint density at radius 2 is 2.24 bits per heavy atom. The molecule has 0 spiro atoms. The summed E-state index contributed by atoms with van der Waals surface area (Å²) >= 11 is 0. The van der Waals surface area contributed by atoms with Crippen LogP contribution in [-0.2, 0) is 4.74 Å². The van der Waals surface area contributed by atoms with Crippen LogP contribution in [0.1, 0.15) is 48.2 Å². The Bertz CT molecular complexity index is 699. The molecule has 1 aliphatic carbocycles. The predicted molar refractivity (Wildman–Crippen MR) is 77.0 cm³/mol. The van der Waals surface area contributed by atoms with Crippen molar-refractivity contribution >= 4 is 11.3 Å². The smallest absolute Gasteiger partial charge is 0.163 e. The number of ether oxygens (including phenoxy) is 2. The number of Topliss-reactive ketones (excluding diaryl/α,β-unsaturated/α-hetero) is 1. The van der Waals surface area contributed by atoms with Crippen LogP contribution in [0, 0.1) is 0 Å². The van der Waals surface area contributed by atoms with Crippen LogP contribution < -0.4 is 4.74 Å². The Hall–Kier alpha value is -1.88. The summed E-state index contributed by atoms with van der Waals surface area (Å²) in [6.45, 7) is 3.00. The molecule has 0 N–H and O–H groups in total. The van der Waals surface area contributed by atoms with Crippen LogP contribution in [0.3, 0.4) is 0 Å². The largest absolute Gasteiger partial charge is 0.489 e. The third-order valence-electron chi connectivity index (χ3n) is 4.24. The fraction of sp³-hybridized carbons (Fsp3) is 0.500. The zero-order chi connectivity index (χ0) is 14.4. The van der Waals surface area contributed by atoms with Crippen molar-refractivity contribution in [2.24, 2.45) is 0 Å². The molecule has 0 radical (unpaired) electrons. The van der Waals surface area contributed by atoms with Crippen LogP contribution >= 0.6 is 0 Å². The summed E-state index contributed by atoms with van der Waals surface area (Å²) in [5.74, 6) is 1.41. The summed E-state index contributed by atoms with van der Waals surface area (Å²) in [6.07, 6.45) is 5.26. The molecule has 0 bridgehead atoms. The van der Waals surface area contributed by atoms with Gasteiger partial charge in [-0.25, -0.2) is 4.52 Å². The van der Waals surface area contributed by atoms with E-state index in [0.29, 0.717) is 18.1 Å². The van der Waals surface area contributed by atoms with Crippen molar-refractivity contribution in [3.8, 4) is 5.75 Å². The zero-order valence-corrected chi connectivity index (χ0v) is 12.0. The average molecular weight is 286 g/mol. The molecule has 1 unspecified atom stereocenters. The number of carbonyl (C=O) groups is 1. The summed E-state index contributed by atoms with van der Waals surface area (Å²) in [4.78, 5) is 11.7. The molecular formula is C16H18N2O3. The van der Waals surface area contributed by atoms with Gasteiger partial charge in [-0.3, -0.25) is 4.79 Å². The second kappa shape index (κ2) is 4.84. The Morgan fingerprint density at radius 3 is 2.86 bits per heavy atom. The molecule has 5 heteroatoms. The lowest BCUT2D eigenvalue weighted by Gasteiger charge is -2.26. The Balaban J connectivity index is 1.72. The van der Waals surface area contributed by atoms with Crippen LogP contribution in [0.2, 0.25) is 0 Å². The molecule has 1 saturated carbocycles. The molecule has 2 aliphatic rings. The lowest BCUT2D eigenvalue weighted by molar-refractivity contribution is -0.0722. The second-order valence-electron chi connectivity index (χ2n) is 5.86. The highest BCUT2D eigenvalue weighted by atomic mass is 16.5. The molecule has 0 amide bonds. The van der Waals surface area contributed by atoms with Gasteiger partial charge in [0.1, 0.15) is 12.4 Å². The summed E-state index contributed by atoms with van der Waals surface area (Å²) in [5, 5.41) is 4.41. The summed E-state index contributed by atoms with van der Waals surface area (Å²) in [7, 11) is 0. The van der Waals surface area contributed by atoms with Crippen molar-refractivity contribution in [1.82, 2.24) is 9.61 Å². The van der Waals surface area contributed by atoms with Crippen LogP contribution in [0.25, 0.3) is 5.52 Å². The fourth-order valence-electron chi connectivity index (χ4n) is 2.78. The highest BCUT2D eigenvalue weighted by Gasteiger charge is 2.31. The monoisotopic (exact) mass is 286 g/mol. The molecule has 3 heterocycles. The number of hydrogen-bond acceptors (Lipinski definition) is 4. The van der Waals surface area contributed by atoms with Gasteiger partial charge in [0.05, 0.1) is 29.1 Å². The van der Waals surface area contributed by atoms with Crippen molar-refractivity contribution in [2.75, 3.05) is 13.2 Å². The maximum absolute atomic E-state index is 11.7. The van der Waals surface area contributed by atoms with Gasteiger partial charge in [-0.1, -0.05) is 0 Å². The van der Waals surface area contributed by atoms with Crippen LogP contribution in [-0.4, -0.2) is 34.7 Å². The Kier molecular flexibility index (Phi) is 2.96. The minimum Gasteiger partial charge on any atom is -0.489 e. The van der Waals surface area contributed by atoms with Crippen molar-refractivity contribution in [3.05, 3.63) is 29.6 Å². The van der Waals surface area contributed by atoms with Gasteiger partial charge >= 0.3 is 0 Å². The SMILES string of the molecule is CC(=O)c1cnn2c(C3CC3)c(OCC3CCO3)ccc12. The first kappa shape index (κ1) is 12.8. The highest BCUT2D eigenvalue weighted by molar-refractivity contribution is 6.00. The second-order valence-corrected chi connectivity index (χ2v) is 5.86. The fourth-order valence-corrected chi connectivity index (χ4v) is 2.78. The van der Waals surface area contributed by atoms with Gasteiger partial charge < -0.3 is 9.47 Å². The third kappa shape index (κ3) is 2.21. The zero-order valence-electron chi connectivity index (χ0n) is 12.0. The number of ketones is 1. The summed E-state index contributed by atoms with van der Waals surface area (Å²) in [5.41, 5.74) is 2.64. The number of carbonyl (C=O) groups excluding carboxylic acids is 1.